The van der Waals surface area contributed by atoms with Crippen LogP contribution in [0, 0.1) is 0 Å². The molecule has 1 N–H and O–H groups in total. The quantitative estimate of drug-likeness (QED) is 0.724. The highest BCUT2D eigenvalue weighted by molar-refractivity contribution is 5.94. The first-order valence-corrected chi connectivity index (χ1v) is 13.2. The van der Waals surface area contributed by atoms with Crippen molar-refractivity contribution >= 4 is 5.91 Å². The molecule has 1 atom stereocenters. The zero-order valence-corrected chi connectivity index (χ0v) is 20.0. The first-order valence-electron chi connectivity index (χ1n) is 13.2. The van der Waals surface area contributed by atoms with Crippen LogP contribution in [0.4, 0.5) is 0 Å². The number of hydrogen-bond donors (Lipinski definition) is 1. The summed E-state index contributed by atoms with van der Waals surface area (Å²) >= 11 is 0. The van der Waals surface area contributed by atoms with Crippen molar-refractivity contribution < 1.29 is 14.6 Å². The van der Waals surface area contributed by atoms with Gasteiger partial charge in [0.05, 0.1) is 6.10 Å². The van der Waals surface area contributed by atoms with Gasteiger partial charge in [-0.05, 0) is 92.3 Å². The standard InChI is InChI=1S/C29H36N2O3/c32-26-5-2-16-31(20-26)28(33)22-8-6-21(7-9-22)23-10-11-27-24(19-23)12-13-29(34-27)14-17-30(18-15-29)25-3-1-4-25/h6-11,19,25-26,32H,1-5,12-18,20H2/t26-/m0/s1. The molecular weight excluding hydrogens is 424 g/mol. The minimum Gasteiger partial charge on any atom is -0.487 e. The van der Waals surface area contributed by atoms with E-state index in [1.807, 2.05) is 24.3 Å². The lowest BCUT2D eigenvalue weighted by molar-refractivity contribution is -0.0336. The lowest BCUT2D eigenvalue weighted by Crippen LogP contribution is -2.53. The third kappa shape index (κ3) is 4.25. The molecule has 1 saturated carbocycles. The van der Waals surface area contributed by atoms with Gasteiger partial charge in [0.15, 0.2) is 0 Å². The van der Waals surface area contributed by atoms with Gasteiger partial charge in [-0.25, -0.2) is 0 Å². The van der Waals surface area contributed by atoms with Crippen LogP contribution < -0.4 is 4.74 Å². The molecule has 4 aliphatic rings. The van der Waals surface area contributed by atoms with Gasteiger partial charge in [0, 0.05) is 37.8 Å². The molecule has 5 heteroatoms. The van der Waals surface area contributed by atoms with Crippen molar-refractivity contribution in [3.8, 4) is 16.9 Å². The Balaban J connectivity index is 1.12. The molecule has 0 aromatic heterocycles. The first-order chi connectivity index (χ1) is 16.6. The SMILES string of the molecule is O=C(c1ccc(-c2ccc3c(c2)CCC2(CCN(C4CCC4)CC2)O3)cc1)N1CCC[C@H](O)C1. The molecule has 3 heterocycles. The molecule has 2 saturated heterocycles. The Hall–Kier alpha value is -2.37. The van der Waals surface area contributed by atoms with E-state index in [9.17, 15) is 9.90 Å². The summed E-state index contributed by atoms with van der Waals surface area (Å²) in [5, 5.41) is 9.89. The van der Waals surface area contributed by atoms with Crippen LogP contribution in [0.1, 0.15) is 67.3 Å². The number of rotatable bonds is 3. The van der Waals surface area contributed by atoms with Gasteiger partial charge in [-0.3, -0.25) is 4.79 Å². The van der Waals surface area contributed by atoms with E-state index in [2.05, 4.69) is 23.1 Å². The molecule has 2 aromatic carbocycles. The van der Waals surface area contributed by atoms with Gasteiger partial charge >= 0.3 is 0 Å². The summed E-state index contributed by atoms with van der Waals surface area (Å²) in [6.07, 6.45) is 9.89. The van der Waals surface area contributed by atoms with Crippen molar-refractivity contribution in [1.29, 1.82) is 0 Å². The second kappa shape index (κ2) is 9.01. The Kier molecular flexibility index (Phi) is 5.86. The van der Waals surface area contributed by atoms with Crippen LogP contribution in [-0.2, 0) is 6.42 Å². The maximum Gasteiger partial charge on any atom is 0.253 e. The van der Waals surface area contributed by atoms with Crippen molar-refractivity contribution in [2.75, 3.05) is 26.2 Å². The number of amides is 1. The molecular formula is C29H36N2O3. The number of ether oxygens (including phenoxy) is 1. The van der Waals surface area contributed by atoms with E-state index < -0.39 is 6.10 Å². The van der Waals surface area contributed by atoms with Gasteiger partial charge in [0.25, 0.3) is 5.91 Å². The Labute approximate surface area is 202 Å². The zero-order valence-electron chi connectivity index (χ0n) is 20.0. The van der Waals surface area contributed by atoms with Crippen LogP contribution in [0.15, 0.2) is 42.5 Å². The number of fused-ring (bicyclic) bond motifs is 1. The molecule has 1 amide bonds. The predicted molar refractivity (Wildman–Crippen MR) is 133 cm³/mol. The fraction of sp³-hybridized carbons (Fsp3) is 0.552. The highest BCUT2D eigenvalue weighted by atomic mass is 16.5. The fourth-order valence-electron chi connectivity index (χ4n) is 6.23. The molecule has 0 unspecified atom stereocenters. The lowest BCUT2D eigenvalue weighted by Gasteiger charge is -2.48. The number of aliphatic hydroxyl groups excluding tert-OH is 1. The lowest BCUT2D eigenvalue weighted by atomic mass is 9.81. The van der Waals surface area contributed by atoms with Crippen LogP contribution in [0.2, 0.25) is 0 Å². The number of aryl methyl sites for hydroxylation is 1. The van der Waals surface area contributed by atoms with Crippen molar-refractivity contribution in [1.82, 2.24) is 9.80 Å². The molecule has 1 aliphatic carbocycles. The average molecular weight is 461 g/mol. The number of piperidine rings is 2. The highest BCUT2D eigenvalue weighted by Crippen LogP contribution is 2.42. The summed E-state index contributed by atoms with van der Waals surface area (Å²) in [7, 11) is 0. The van der Waals surface area contributed by atoms with Crippen LogP contribution in [-0.4, -0.2) is 64.7 Å². The van der Waals surface area contributed by atoms with Gasteiger partial charge in [-0.2, -0.15) is 0 Å². The molecule has 1 spiro atoms. The minimum atomic E-state index is -0.399. The van der Waals surface area contributed by atoms with Gasteiger partial charge in [0.2, 0.25) is 0 Å². The zero-order chi connectivity index (χ0) is 23.1. The Bertz CT molecular complexity index is 1040. The molecule has 3 fully saturated rings. The minimum absolute atomic E-state index is 0.0118. The van der Waals surface area contributed by atoms with Crippen molar-refractivity contribution in [2.45, 2.75) is 75.5 Å². The summed E-state index contributed by atoms with van der Waals surface area (Å²) < 4.78 is 6.66. The van der Waals surface area contributed by atoms with Gasteiger partial charge in [-0.1, -0.05) is 24.6 Å². The van der Waals surface area contributed by atoms with Crippen molar-refractivity contribution in [3.05, 3.63) is 53.6 Å². The number of hydrogen-bond acceptors (Lipinski definition) is 4. The summed E-state index contributed by atoms with van der Waals surface area (Å²) in [6.45, 7) is 3.52. The molecule has 5 nitrogen and oxygen atoms in total. The van der Waals surface area contributed by atoms with E-state index in [0.29, 0.717) is 12.1 Å². The van der Waals surface area contributed by atoms with Crippen LogP contribution in [0.3, 0.4) is 0 Å². The molecule has 2 aromatic rings. The van der Waals surface area contributed by atoms with Gasteiger partial charge in [-0.15, -0.1) is 0 Å². The number of likely N-dealkylation sites (tertiary alicyclic amines) is 2. The third-order valence-corrected chi connectivity index (χ3v) is 8.69. The molecule has 3 aliphatic heterocycles. The molecule has 0 radical (unpaired) electrons. The van der Waals surface area contributed by atoms with E-state index in [4.69, 9.17) is 4.74 Å². The molecule has 6 rings (SSSR count). The summed E-state index contributed by atoms with van der Waals surface area (Å²) in [5.41, 5.74) is 4.30. The highest BCUT2D eigenvalue weighted by Gasteiger charge is 2.41. The Morgan fingerprint density at radius 1 is 0.912 bits per heavy atom. The van der Waals surface area contributed by atoms with Crippen molar-refractivity contribution in [3.63, 3.8) is 0 Å². The molecule has 180 valence electrons. The van der Waals surface area contributed by atoms with E-state index in [1.54, 1.807) is 4.90 Å². The maximum absolute atomic E-state index is 12.8. The summed E-state index contributed by atoms with van der Waals surface area (Å²) in [4.78, 5) is 17.3. The van der Waals surface area contributed by atoms with E-state index in [-0.39, 0.29) is 11.5 Å². The topological polar surface area (TPSA) is 53.0 Å². The predicted octanol–water partition coefficient (Wildman–Crippen LogP) is 4.66. The first kappa shape index (κ1) is 22.1. The van der Waals surface area contributed by atoms with Gasteiger partial charge in [0.1, 0.15) is 11.4 Å². The molecule has 0 bridgehead atoms. The largest absolute Gasteiger partial charge is 0.487 e. The monoisotopic (exact) mass is 460 g/mol. The van der Waals surface area contributed by atoms with Crippen LogP contribution in [0.25, 0.3) is 11.1 Å². The maximum atomic E-state index is 12.8. The second-order valence-corrected chi connectivity index (χ2v) is 10.9. The number of benzene rings is 2. The summed E-state index contributed by atoms with van der Waals surface area (Å²) in [5.74, 6) is 1.07. The average Bonchev–Trinajstić information content (AvgIpc) is 2.84. The number of β-amino-alcohol motifs (C(OH)–C–C–N with tert-alkyl or cyclic N) is 1. The Morgan fingerprint density at radius 2 is 1.68 bits per heavy atom. The third-order valence-electron chi connectivity index (χ3n) is 8.69. The van der Waals surface area contributed by atoms with Gasteiger partial charge < -0.3 is 19.6 Å². The van der Waals surface area contributed by atoms with E-state index in [1.165, 1.54) is 43.5 Å². The smallest absolute Gasteiger partial charge is 0.253 e. The Morgan fingerprint density at radius 3 is 2.38 bits per heavy atom. The van der Waals surface area contributed by atoms with E-state index in [0.717, 1.165) is 62.4 Å². The normalized spacial score (nSPS) is 24.9. The number of carbonyl (C=O) groups excluding carboxylic acids is 1. The van der Waals surface area contributed by atoms with Crippen molar-refractivity contribution in [2.24, 2.45) is 0 Å². The number of carbonyl (C=O) groups is 1. The van der Waals surface area contributed by atoms with E-state index >= 15 is 0 Å². The number of aliphatic hydroxyl groups is 1. The fourth-order valence-corrected chi connectivity index (χ4v) is 6.23. The van der Waals surface area contributed by atoms with Crippen LogP contribution >= 0.6 is 0 Å². The summed E-state index contributed by atoms with van der Waals surface area (Å²) in [6, 6.07) is 15.3. The van der Waals surface area contributed by atoms with Crippen LogP contribution in [0.5, 0.6) is 5.75 Å². The number of nitrogens with zero attached hydrogens (tertiary/aromatic N) is 2. The molecule has 34 heavy (non-hydrogen) atoms. The second-order valence-electron chi connectivity index (χ2n) is 10.9.